The van der Waals surface area contributed by atoms with Gasteiger partial charge in [-0.15, -0.1) is 0 Å². The highest BCUT2D eigenvalue weighted by atomic mass is 14.8. The zero-order chi connectivity index (χ0) is 21.3. The summed E-state index contributed by atoms with van der Waals surface area (Å²) >= 11 is 0. The summed E-state index contributed by atoms with van der Waals surface area (Å²) in [6.07, 6.45) is 5.31. The largest absolute Gasteiger partial charge is 0.244 e. The molecule has 1 aromatic heterocycles. The van der Waals surface area contributed by atoms with E-state index in [1.165, 1.54) is 43.8 Å². The van der Waals surface area contributed by atoms with Gasteiger partial charge in [0.1, 0.15) is 6.33 Å². The van der Waals surface area contributed by atoms with Crippen molar-refractivity contribution in [3.63, 3.8) is 0 Å². The Hall–Kier alpha value is -4.30. The Bertz CT molecular complexity index is 1540. The number of hydrogen-bond donors (Lipinski definition) is 0. The molecule has 0 fully saturated rings. The molecule has 0 unspecified atom stereocenters. The van der Waals surface area contributed by atoms with E-state index in [-0.39, 0.29) is 0 Å². The molecule has 0 radical (unpaired) electrons. The predicted molar refractivity (Wildman–Crippen MR) is 133 cm³/mol. The third-order valence-electron chi connectivity index (χ3n) is 6.04. The van der Waals surface area contributed by atoms with Gasteiger partial charge in [0, 0.05) is 18.0 Å². The normalized spacial score (nSPS) is 11.1. The molecule has 32 heavy (non-hydrogen) atoms. The molecular weight excluding hydrogens is 388 g/mol. The molecule has 150 valence electrons. The molecule has 0 saturated carbocycles. The van der Waals surface area contributed by atoms with E-state index < -0.39 is 0 Å². The lowest BCUT2D eigenvalue weighted by Crippen LogP contribution is -1.91. The minimum atomic E-state index is 1.02. The third-order valence-corrected chi connectivity index (χ3v) is 6.04. The number of aromatic nitrogens is 2. The Morgan fingerprint density at radius 2 is 0.875 bits per heavy atom. The van der Waals surface area contributed by atoms with Crippen LogP contribution in [-0.2, 0) is 0 Å². The standard InChI is InChI=1S/C30H20N2/c1-3-9-21(10-4-1)29-25-13-7-8-14-26(25)30(22-11-5-2-6-12-22)28-17-23(15-16-27(28)29)24-18-31-20-32-19-24/h1-20H. The molecule has 0 atom stereocenters. The summed E-state index contributed by atoms with van der Waals surface area (Å²) in [6, 6.07) is 36.8. The van der Waals surface area contributed by atoms with Crippen molar-refractivity contribution < 1.29 is 0 Å². The zero-order valence-corrected chi connectivity index (χ0v) is 17.4. The van der Waals surface area contributed by atoms with Crippen LogP contribution >= 0.6 is 0 Å². The zero-order valence-electron chi connectivity index (χ0n) is 17.4. The van der Waals surface area contributed by atoms with E-state index in [9.17, 15) is 0 Å². The van der Waals surface area contributed by atoms with Crippen molar-refractivity contribution in [1.82, 2.24) is 9.97 Å². The summed E-state index contributed by atoms with van der Waals surface area (Å²) in [4.78, 5) is 8.45. The van der Waals surface area contributed by atoms with Crippen LogP contribution in [0.15, 0.2) is 122 Å². The van der Waals surface area contributed by atoms with Gasteiger partial charge < -0.3 is 0 Å². The van der Waals surface area contributed by atoms with Crippen LogP contribution in [0.5, 0.6) is 0 Å². The summed E-state index contributed by atoms with van der Waals surface area (Å²) in [6.45, 7) is 0. The van der Waals surface area contributed by atoms with Gasteiger partial charge in [0.25, 0.3) is 0 Å². The van der Waals surface area contributed by atoms with Crippen molar-refractivity contribution in [2.75, 3.05) is 0 Å². The van der Waals surface area contributed by atoms with Crippen molar-refractivity contribution in [2.24, 2.45) is 0 Å². The van der Waals surface area contributed by atoms with Crippen LogP contribution < -0.4 is 0 Å². The number of nitrogens with zero attached hydrogens (tertiary/aromatic N) is 2. The Kier molecular flexibility index (Phi) is 4.47. The Labute approximate surface area is 186 Å². The molecule has 2 heteroatoms. The fourth-order valence-corrected chi connectivity index (χ4v) is 4.64. The highest BCUT2D eigenvalue weighted by molar-refractivity contribution is 6.21. The van der Waals surface area contributed by atoms with Gasteiger partial charge in [0.15, 0.2) is 0 Å². The lowest BCUT2D eigenvalue weighted by atomic mass is 9.85. The highest BCUT2D eigenvalue weighted by Crippen LogP contribution is 2.44. The summed E-state index contributed by atoms with van der Waals surface area (Å²) in [5.74, 6) is 0. The molecule has 0 spiro atoms. The molecule has 0 aliphatic carbocycles. The molecule has 0 amide bonds. The fraction of sp³-hybridized carbons (Fsp3) is 0. The maximum Gasteiger partial charge on any atom is 0.115 e. The number of rotatable bonds is 3. The average molecular weight is 409 g/mol. The second kappa shape index (κ2) is 7.75. The SMILES string of the molecule is c1ccc(-c2c3ccccc3c(-c3ccccc3)c3cc(-c4cncnc4)ccc23)cc1. The quantitative estimate of drug-likeness (QED) is 0.279. The smallest absolute Gasteiger partial charge is 0.115 e. The molecule has 6 rings (SSSR count). The van der Waals surface area contributed by atoms with Gasteiger partial charge >= 0.3 is 0 Å². The van der Waals surface area contributed by atoms with Gasteiger partial charge in [-0.25, -0.2) is 9.97 Å². The van der Waals surface area contributed by atoms with Gasteiger partial charge in [-0.1, -0.05) is 97.1 Å². The maximum atomic E-state index is 4.23. The first-order valence-corrected chi connectivity index (χ1v) is 10.7. The Morgan fingerprint density at radius 3 is 1.47 bits per heavy atom. The van der Waals surface area contributed by atoms with E-state index >= 15 is 0 Å². The van der Waals surface area contributed by atoms with Crippen molar-refractivity contribution in [2.45, 2.75) is 0 Å². The lowest BCUT2D eigenvalue weighted by molar-refractivity contribution is 1.17. The van der Waals surface area contributed by atoms with Gasteiger partial charge in [-0.3, -0.25) is 0 Å². The van der Waals surface area contributed by atoms with E-state index in [1.807, 2.05) is 12.4 Å². The first-order chi connectivity index (χ1) is 15.9. The Morgan fingerprint density at radius 1 is 0.375 bits per heavy atom. The monoisotopic (exact) mass is 408 g/mol. The van der Waals surface area contributed by atoms with Crippen LogP contribution in [0.25, 0.3) is 54.9 Å². The maximum absolute atomic E-state index is 4.23. The second-order valence-corrected chi connectivity index (χ2v) is 7.92. The van der Waals surface area contributed by atoms with Gasteiger partial charge in [0.2, 0.25) is 0 Å². The van der Waals surface area contributed by atoms with Gasteiger partial charge in [-0.05, 0) is 55.4 Å². The number of fused-ring (bicyclic) bond motifs is 2. The van der Waals surface area contributed by atoms with Crippen LogP contribution in [0.4, 0.5) is 0 Å². The average Bonchev–Trinajstić information content (AvgIpc) is 2.88. The van der Waals surface area contributed by atoms with Crippen molar-refractivity contribution in [3.8, 4) is 33.4 Å². The second-order valence-electron chi connectivity index (χ2n) is 7.92. The predicted octanol–water partition coefficient (Wildman–Crippen LogP) is 7.78. The molecule has 6 aromatic rings. The van der Waals surface area contributed by atoms with Crippen molar-refractivity contribution in [1.29, 1.82) is 0 Å². The van der Waals surface area contributed by atoms with E-state index in [0.29, 0.717) is 0 Å². The molecule has 0 aliphatic heterocycles. The summed E-state index contributed by atoms with van der Waals surface area (Å²) in [5.41, 5.74) is 7.10. The molecule has 5 aromatic carbocycles. The van der Waals surface area contributed by atoms with E-state index in [4.69, 9.17) is 0 Å². The van der Waals surface area contributed by atoms with Crippen LogP contribution in [0.2, 0.25) is 0 Å². The minimum Gasteiger partial charge on any atom is -0.244 e. The molecule has 2 nitrogen and oxygen atoms in total. The molecule has 0 N–H and O–H groups in total. The van der Waals surface area contributed by atoms with Crippen LogP contribution in [-0.4, -0.2) is 9.97 Å². The minimum absolute atomic E-state index is 1.02. The first-order valence-electron chi connectivity index (χ1n) is 10.7. The van der Waals surface area contributed by atoms with Crippen LogP contribution in [0.3, 0.4) is 0 Å². The van der Waals surface area contributed by atoms with Crippen LogP contribution in [0, 0.1) is 0 Å². The van der Waals surface area contributed by atoms with E-state index in [0.717, 1.165) is 11.1 Å². The van der Waals surface area contributed by atoms with E-state index in [2.05, 4.69) is 113 Å². The fourth-order valence-electron chi connectivity index (χ4n) is 4.64. The van der Waals surface area contributed by atoms with E-state index in [1.54, 1.807) is 6.33 Å². The van der Waals surface area contributed by atoms with Crippen molar-refractivity contribution in [3.05, 3.63) is 122 Å². The van der Waals surface area contributed by atoms with Gasteiger partial charge in [-0.2, -0.15) is 0 Å². The molecule has 0 aliphatic rings. The van der Waals surface area contributed by atoms with Crippen molar-refractivity contribution >= 4 is 21.5 Å². The highest BCUT2D eigenvalue weighted by Gasteiger charge is 2.17. The molecule has 0 bridgehead atoms. The lowest BCUT2D eigenvalue weighted by Gasteiger charge is -2.18. The number of benzene rings is 5. The summed E-state index contributed by atoms with van der Waals surface area (Å²) in [5, 5.41) is 5.00. The van der Waals surface area contributed by atoms with Crippen LogP contribution in [0.1, 0.15) is 0 Å². The molecule has 1 heterocycles. The molecular formula is C30H20N2. The summed E-state index contributed by atoms with van der Waals surface area (Å²) in [7, 11) is 0. The summed E-state index contributed by atoms with van der Waals surface area (Å²) < 4.78 is 0. The Balaban J connectivity index is 1.80. The topological polar surface area (TPSA) is 25.8 Å². The first kappa shape index (κ1) is 18.5. The third kappa shape index (κ3) is 3.05. The number of hydrogen-bond acceptors (Lipinski definition) is 2. The van der Waals surface area contributed by atoms with Gasteiger partial charge in [0.05, 0.1) is 0 Å². The molecule has 0 saturated heterocycles.